The van der Waals surface area contributed by atoms with Crippen LogP contribution in [0.25, 0.3) is 22.5 Å². The van der Waals surface area contributed by atoms with E-state index >= 15 is 0 Å². The van der Waals surface area contributed by atoms with Gasteiger partial charge in [0.25, 0.3) is 0 Å². The fraction of sp³-hybridized carbons (Fsp3) is 0.233. The summed E-state index contributed by atoms with van der Waals surface area (Å²) in [6, 6.07) is 19.2. The first kappa shape index (κ1) is 27.1. The van der Waals surface area contributed by atoms with Crippen molar-refractivity contribution in [3.05, 3.63) is 100.0 Å². The summed E-state index contributed by atoms with van der Waals surface area (Å²) in [5.74, 6) is -0.964. The molecule has 0 aliphatic rings. The molecule has 6 nitrogen and oxygen atoms in total. The summed E-state index contributed by atoms with van der Waals surface area (Å²) in [6.07, 6.45) is -0.720. The first-order valence-corrected chi connectivity index (χ1v) is 12.6. The molecule has 0 fully saturated rings. The molecule has 3 aromatic carbocycles. The molecule has 0 radical (unpaired) electrons. The van der Waals surface area contributed by atoms with Gasteiger partial charge in [-0.3, -0.25) is 9.59 Å². The predicted molar refractivity (Wildman–Crippen MR) is 142 cm³/mol. The van der Waals surface area contributed by atoms with E-state index in [4.69, 9.17) is 25.6 Å². The van der Waals surface area contributed by atoms with Gasteiger partial charge in [0.2, 0.25) is 0 Å². The summed E-state index contributed by atoms with van der Waals surface area (Å²) in [7, 11) is 0. The molecular weight excluding hydrogens is 509 g/mol. The van der Waals surface area contributed by atoms with Crippen LogP contribution in [0.5, 0.6) is 0 Å². The van der Waals surface area contributed by atoms with Gasteiger partial charge in [-0.1, -0.05) is 59.2 Å². The number of aryl methyl sites for hydroxylation is 1. The molecule has 0 aliphatic carbocycles. The monoisotopic (exact) mass is 535 g/mol. The number of carbonyl (C=O) groups excluding carboxylic acids is 2. The minimum absolute atomic E-state index is 0.0378. The van der Waals surface area contributed by atoms with Crippen molar-refractivity contribution in [3.63, 3.8) is 0 Å². The number of halogens is 2. The summed E-state index contributed by atoms with van der Waals surface area (Å²) in [4.78, 5) is 24.7. The number of esters is 2. The van der Waals surface area contributed by atoms with Crippen molar-refractivity contribution in [2.24, 2.45) is 0 Å². The Balaban J connectivity index is 1.56. The molecule has 8 heteroatoms. The van der Waals surface area contributed by atoms with Crippen LogP contribution in [0.2, 0.25) is 5.02 Å². The molecule has 1 unspecified atom stereocenters. The average Bonchev–Trinajstić information content (AvgIpc) is 3.25. The zero-order valence-corrected chi connectivity index (χ0v) is 22.0. The highest BCUT2D eigenvalue weighted by Crippen LogP contribution is 2.32. The van der Waals surface area contributed by atoms with E-state index in [1.807, 2.05) is 42.5 Å². The Bertz CT molecular complexity index is 1460. The van der Waals surface area contributed by atoms with Crippen LogP contribution in [0.4, 0.5) is 4.39 Å². The van der Waals surface area contributed by atoms with Gasteiger partial charge >= 0.3 is 11.9 Å². The molecule has 0 aliphatic heterocycles. The van der Waals surface area contributed by atoms with Gasteiger partial charge in [0, 0.05) is 21.7 Å². The van der Waals surface area contributed by atoms with E-state index in [-0.39, 0.29) is 25.0 Å². The largest absolute Gasteiger partial charge is 0.466 e. The van der Waals surface area contributed by atoms with Crippen LogP contribution in [0.15, 0.2) is 71.3 Å². The number of aromatic nitrogens is 1. The van der Waals surface area contributed by atoms with Crippen LogP contribution in [0.1, 0.15) is 42.3 Å². The third kappa shape index (κ3) is 6.29. The third-order valence-electron chi connectivity index (χ3n) is 6.10. The SMILES string of the molecule is CCOC(=O)Cc1cc(-c2cccc(-c3onc(C)c3CC(=O)OC(C)c3ccccc3Cl)c2)ccc1F. The van der Waals surface area contributed by atoms with E-state index in [0.717, 1.165) is 16.7 Å². The number of hydrogen-bond acceptors (Lipinski definition) is 6. The maximum atomic E-state index is 14.3. The summed E-state index contributed by atoms with van der Waals surface area (Å²) in [5.41, 5.74) is 4.35. The highest BCUT2D eigenvalue weighted by Gasteiger charge is 2.22. The van der Waals surface area contributed by atoms with Crippen molar-refractivity contribution >= 4 is 23.5 Å². The van der Waals surface area contributed by atoms with Gasteiger partial charge in [-0.2, -0.15) is 0 Å². The molecule has 4 rings (SSSR count). The van der Waals surface area contributed by atoms with E-state index in [0.29, 0.717) is 27.6 Å². The highest BCUT2D eigenvalue weighted by atomic mass is 35.5. The summed E-state index contributed by atoms with van der Waals surface area (Å²) in [5, 5.41) is 4.60. The van der Waals surface area contributed by atoms with Gasteiger partial charge in [-0.05, 0) is 61.7 Å². The van der Waals surface area contributed by atoms with Crippen molar-refractivity contribution < 1.29 is 28.0 Å². The van der Waals surface area contributed by atoms with Gasteiger partial charge in [-0.15, -0.1) is 0 Å². The Morgan fingerprint density at radius 2 is 1.71 bits per heavy atom. The highest BCUT2D eigenvalue weighted by molar-refractivity contribution is 6.31. The van der Waals surface area contributed by atoms with Gasteiger partial charge in [0.1, 0.15) is 11.9 Å². The average molecular weight is 536 g/mol. The Morgan fingerprint density at radius 1 is 0.974 bits per heavy atom. The number of nitrogens with zero attached hydrogens (tertiary/aromatic N) is 1. The van der Waals surface area contributed by atoms with Crippen LogP contribution >= 0.6 is 11.6 Å². The normalized spacial score (nSPS) is 11.7. The van der Waals surface area contributed by atoms with Gasteiger partial charge in [-0.25, -0.2) is 4.39 Å². The van der Waals surface area contributed by atoms with Crippen LogP contribution in [0, 0.1) is 12.7 Å². The number of rotatable bonds is 9. The molecule has 0 N–H and O–H groups in total. The maximum absolute atomic E-state index is 14.3. The minimum Gasteiger partial charge on any atom is -0.466 e. The van der Waals surface area contributed by atoms with Crippen LogP contribution in [-0.2, 0) is 31.9 Å². The molecule has 0 amide bonds. The Kier molecular flexibility index (Phi) is 8.59. The fourth-order valence-electron chi connectivity index (χ4n) is 4.17. The van der Waals surface area contributed by atoms with Gasteiger partial charge in [0.15, 0.2) is 5.76 Å². The van der Waals surface area contributed by atoms with E-state index in [1.54, 1.807) is 39.0 Å². The number of carbonyl (C=O) groups is 2. The lowest BCUT2D eigenvalue weighted by Crippen LogP contribution is -2.12. The Morgan fingerprint density at radius 3 is 2.47 bits per heavy atom. The second-order valence-corrected chi connectivity index (χ2v) is 9.18. The summed E-state index contributed by atoms with van der Waals surface area (Å²) in [6.45, 7) is 5.46. The van der Waals surface area contributed by atoms with Gasteiger partial charge < -0.3 is 14.0 Å². The van der Waals surface area contributed by atoms with Crippen LogP contribution < -0.4 is 0 Å². The minimum atomic E-state index is -0.523. The van der Waals surface area contributed by atoms with Crippen LogP contribution in [0.3, 0.4) is 0 Å². The molecule has 1 atom stereocenters. The number of benzene rings is 3. The van der Waals surface area contributed by atoms with E-state index in [1.165, 1.54) is 6.07 Å². The molecule has 0 spiro atoms. The lowest BCUT2D eigenvalue weighted by atomic mass is 9.97. The molecule has 0 saturated heterocycles. The zero-order valence-electron chi connectivity index (χ0n) is 21.3. The van der Waals surface area contributed by atoms with Crippen molar-refractivity contribution in [1.82, 2.24) is 5.16 Å². The van der Waals surface area contributed by atoms with Gasteiger partial charge in [0.05, 0.1) is 25.1 Å². The molecule has 1 heterocycles. The van der Waals surface area contributed by atoms with Crippen molar-refractivity contribution in [1.29, 1.82) is 0 Å². The van der Waals surface area contributed by atoms with E-state index in [2.05, 4.69) is 5.16 Å². The van der Waals surface area contributed by atoms with E-state index < -0.39 is 23.9 Å². The molecule has 4 aromatic rings. The van der Waals surface area contributed by atoms with E-state index in [9.17, 15) is 14.0 Å². The fourth-order valence-corrected chi connectivity index (χ4v) is 4.46. The molecule has 0 saturated carbocycles. The lowest BCUT2D eigenvalue weighted by Gasteiger charge is -2.15. The Hall–Kier alpha value is -3.97. The Labute approximate surface area is 225 Å². The topological polar surface area (TPSA) is 78.6 Å². The third-order valence-corrected chi connectivity index (χ3v) is 6.45. The predicted octanol–water partition coefficient (Wildman–Crippen LogP) is 7.06. The molecule has 196 valence electrons. The zero-order chi connectivity index (χ0) is 27.2. The van der Waals surface area contributed by atoms with Crippen LogP contribution in [-0.4, -0.2) is 23.7 Å². The lowest BCUT2D eigenvalue weighted by molar-refractivity contribution is -0.147. The maximum Gasteiger partial charge on any atom is 0.311 e. The number of ether oxygens (including phenoxy) is 2. The first-order chi connectivity index (χ1) is 18.3. The summed E-state index contributed by atoms with van der Waals surface area (Å²) < 4.78 is 30.5. The van der Waals surface area contributed by atoms with Crippen molar-refractivity contribution in [3.8, 4) is 22.5 Å². The van der Waals surface area contributed by atoms with Crippen molar-refractivity contribution in [2.45, 2.75) is 39.7 Å². The molecule has 38 heavy (non-hydrogen) atoms. The quantitative estimate of drug-likeness (QED) is 0.213. The smallest absolute Gasteiger partial charge is 0.311 e. The standard InChI is InChI=1S/C30H27ClFNO5/c1-4-36-28(34)16-23-15-21(12-13-27(23)32)20-8-7-9-22(14-20)30-25(18(2)33-38-30)17-29(35)37-19(3)24-10-5-6-11-26(24)31/h5-15,19H,4,16-17H2,1-3H3. The molecule has 1 aromatic heterocycles. The second-order valence-electron chi connectivity index (χ2n) is 8.77. The summed E-state index contributed by atoms with van der Waals surface area (Å²) >= 11 is 6.24. The van der Waals surface area contributed by atoms with Crippen molar-refractivity contribution in [2.75, 3.05) is 6.61 Å². The second kappa shape index (κ2) is 12.0. The number of hydrogen-bond donors (Lipinski definition) is 0. The molecular formula is C30H27ClFNO5. The molecule has 0 bridgehead atoms. The first-order valence-electron chi connectivity index (χ1n) is 12.2.